The summed E-state index contributed by atoms with van der Waals surface area (Å²) in [5, 5.41) is 8.95. The Hall–Kier alpha value is -2.38. The Balaban J connectivity index is 1.23. The van der Waals surface area contributed by atoms with Crippen LogP contribution in [-0.2, 0) is 4.79 Å². The van der Waals surface area contributed by atoms with Crippen molar-refractivity contribution in [2.75, 3.05) is 0 Å². The van der Waals surface area contributed by atoms with Crippen molar-refractivity contribution in [3.05, 3.63) is 54.1 Å². The molecule has 2 fully saturated rings. The first kappa shape index (κ1) is 23.8. The third-order valence-corrected chi connectivity index (χ3v) is 9.16. The van der Waals surface area contributed by atoms with Gasteiger partial charge in [0, 0.05) is 9.52 Å². The molecule has 4 rings (SSSR count). The second-order valence-corrected chi connectivity index (χ2v) is 11.9. The van der Waals surface area contributed by atoms with E-state index in [1.807, 2.05) is 48.5 Å². The van der Waals surface area contributed by atoms with Gasteiger partial charge in [0.1, 0.15) is 5.75 Å². The van der Waals surface area contributed by atoms with Gasteiger partial charge in [-0.2, -0.15) is 5.26 Å². The maximum absolute atomic E-state index is 12.8. The summed E-state index contributed by atoms with van der Waals surface area (Å²) in [6.45, 7) is 2.43. The van der Waals surface area contributed by atoms with Gasteiger partial charge in [-0.1, -0.05) is 56.1 Å². The molecule has 2 aliphatic rings. The monoisotopic (exact) mass is 459 g/mol. The first-order valence-corrected chi connectivity index (χ1v) is 15.4. The molecular weight excluding hydrogens is 422 g/mol. The highest BCUT2D eigenvalue weighted by Crippen LogP contribution is 2.42. The Morgan fingerprint density at radius 1 is 0.879 bits per heavy atom. The van der Waals surface area contributed by atoms with Gasteiger partial charge < -0.3 is 4.74 Å². The average Bonchev–Trinajstić information content (AvgIpc) is 2.88. The van der Waals surface area contributed by atoms with Crippen LogP contribution in [0.4, 0.5) is 0 Å². The van der Waals surface area contributed by atoms with Crippen molar-refractivity contribution in [3.8, 4) is 22.9 Å². The topological polar surface area (TPSA) is 50.1 Å². The van der Waals surface area contributed by atoms with E-state index in [-0.39, 0.29) is 21.4 Å². The minimum absolute atomic E-state index is 0.0466. The quantitative estimate of drug-likeness (QED) is 0.261. The number of ether oxygens (including phenoxy) is 1. The molecule has 2 aromatic rings. The first-order valence-electron chi connectivity index (χ1n) is 13.0. The van der Waals surface area contributed by atoms with Gasteiger partial charge in [-0.05, 0) is 91.7 Å². The fraction of sp³-hybridized carbons (Fsp3) is 0.517. The highest BCUT2D eigenvalue weighted by molar-refractivity contribution is 6.33. The zero-order valence-corrected chi connectivity index (χ0v) is 21.4. The summed E-state index contributed by atoms with van der Waals surface area (Å²) in [5.41, 5.74) is 2.75. The van der Waals surface area contributed by atoms with Crippen molar-refractivity contribution in [1.82, 2.24) is 0 Å². The fourth-order valence-corrected chi connectivity index (χ4v) is 6.91. The summed E-state index contributed by atoms with van der Waals surface area (Å²) in [6, 6.07) is 18.9. The van der Waals surface area contributed by atoms with Gasteiger partial charge in [-0.25, -0.2) is 0 Å². The van der Waals surface area contributed by atoms with Crippen molar-refractivity contribution < 1.29 is 9.53 Å². The van der Waals surface area contributed by atoms with Crippen molar-refractivity contribution in [1.29, 1.82) is 5.26 Å². The molecule has 2 aromatic carbocycles. The van der Waals surface area contributed by atoms with Crippen molar-refractivity contribution in [2.24, 2.45) is 23.7 Å². The number of carbonyl (C=O) groups excluding carboxylic acids is 1. The van der Waals surface area contributed by atoms with E-state index >= 15 is 0 Å². The Morgan fingerprint density at radius 3 is 1.97 bits per heavy atom. The van der Waals surface area contributed by atoms with Gasteiger partial charge in [0.05, 0.1) is 17.6 Å². The Kier molecular flexibility index (Phi) is 8.39. The van der Waals surface area contributed by atoms with E-state index in [4.69, 9.17) is 10.00 Å². The van der Waals surface area contributed by atoms with E-state index in [0.717, 1.165) is 41.7 Å². The number of rotatable bonds is 7. The van der Waals surface area contributed by atoms with Gasteiger partial charge in [-0.15, -0.1) is 0 Å². The molecule has 0 aromatic heterocycles. The van der Waals surface area contributed by atoms with Crippen molar-refractivity contribution >= 4 is 15.5 Å². The van der Waals surface area contributed by atoms with Crippen molar-refractivity contribution in [2.45, 2.75) is 70.4 Å². The molecule has 0 saturated heterocycles. The second kappa shape index (κ2) is 11.7. The van der Waals surface area contributed by atoms with Gasteiger partial charge in [0.15, 0.2) is 0 Å². The molecule has 33 heavy (non-hydrogen) atoms. The Labute approximate surface area is 201 Å². The maximum atomic E-state index is 12.8. The first-order chi connectivity index (χ1) is 16.2. The summed E-state index contributed by atoms with van der Waals surface area (Å²) in [5.74, 6) is 3.32. The summed E-state index contributed by atoms with van der Waals surface area (Å²) in [4.78, 5) is 12.8. The molecule has 4 heteroatoms. The van der Waals surface area contributed by atoms with Crippen LogP contribution >= 0.6 is 0 Å². The number of hydrogen-bond donors (Lipinski definition) is 0. The molecule has 0 heterocycles. The number of nitrogens with zero attached hydrogens (tertiary/aromatic N) is 1. The number of esters is 1. The predicted octanol–water partition coefficient (Wildman–Crippen LogP) is 6.77. The molecule has 174 valence electrons. The van der Waals surface area contributed by atoms with Crippen LogP contribution in [0, 0.1) is 35.0 Å². The summed E-state index contributed by atoms with van der Waals surface area (Å²) < 4.78 is 5.73. The lowest BCUT2D eigenvalue weighted by Gasteiger charge is -2.37. The Bertz CT molecular complexity index is 931. The molecule has 0 atom stereocenters. The van der Waals surface area contributed by atoms with Gasteiger partial charge in [0.25, 0.3) is 0 Å². The summed E-state index contributed by atoms with van der Waals surface area (Å²) in [6.07, 6.45) is 11.6. The highest BCUT2D eigenvalue weighted by atomic mass is 28.2. The lowest BCUT2D eigenvalue weighted by molar-refractivity contribution is -0.140. The molecule has 0 radical (unpaired) electrons. The predicted molar refractivity (Wildman–Crippen MR) is 137 cm³/mol. The van der Waals surface area contributed by atoms with Crippen LogP contribution in [0.2, 0.25) is 12.6 Å². The molecule has 0 amide bonds. The third-order valence-electron chi connectivity index (χ3n) is 8.05. The SMILES string of the molecule is C[SiH2]CCC1CCC(C2CCC(C(=O)Oc3ccc(-c4ccc(C#N)cc4)cc3)CC2)CC1. The van der Waals surface area contributed by atoms with Crippen LogP contribution in [-0.4, -0.2) is 15.5 Å². The van der Waals surface area contributed by atoms with Crippen LogP contribution in [0.5, 0.6) is 5.75 Å². The number of carbonyl (C=O) groups is 1. The largest absolute Gasteiger partial charge is 0.426 e. The Morgan fingerprint density at radius 2 is 1.42 bits per heavy atom. The van der Waals surface area contributed by atoms with Crippen LogP contribution < -0.4 is 4.74 Å². The molecule has 0 N–H and O–H groups in total. The standard InChI is InChI=1S/C29H37NO2Si/c1-33-19-18-21-2-6-23(7-3-21)25-10-12-27(13-11-25)29(31)32-28-16-14-26(15-17-28)24-8-4-22(20-30)5-9-24/h4-5,8-9,14-17,21,23,25,27H,2-3,6-7,10-13,18-19,33H2,1H3. The minimum Gasteiger partial charge on any atom is -0.426 e. The minimum atomic E-state index is -0.0630. The second-order valence-electron chi connectivity index (χ2n) is 10.2. The van der Waals surface area contributed by atoms with E-state index in [1.54, 1.807) is 0 Å². The lowest BCUT2D eigenvalue weighted by Crippen LogP contribution is -2.30. The van der Waals surface area contributed by atoms with Gasteiger partial charge in [0.2, 0.25) is 0 Å². The van der Waals surface area contributed by atoms with Crippen LogP contribution in [0.25, 0.3) is 11.1 Å². The lowest BCUT2D eigenvalue weighted by atomic mass is 9.69. The van der Waals surface area contributed by atoms with Crippen LogP contribution in [0.1, 0.15) is 63.4 Å². The van der Waals surface area contributed by atoms with Gasteiger partial charge >= 0.3 is 5.97 Å². The molecule has 3 nitrogen and oxygen atoms in total. The third kappa shape index (κ3) is 6.36. The van der Waals surface area contributed by atoms with Crippen molar-refractivity contribution in [3.63, 3.8) is 0 Å². The smallest absolute Gasteiger partial charge is 0.314 e. The molecule has 2 saturated carbocycles. The molecule has 0 aliphatic heterocycles. The molecule has 0 bridgehead atoms. The number of benzene rings is 2. The van der Waals surface area contributed by atoms with E-state index in [2.05, 4.69) is 12.6 Å². The normalized spacial score (nSPS) is 25.6. The molecule has 2 aliphatic carbocycles. The zero-order chi connectivity index (χ0) is 23.0. The number of hydrogen-bond acceptors (Lipinski definition) is 3. The zero-order valence-electron chi connectivity index (χ0n) is 20.0. The molecule has 0 unspecified atom stereocenters. The number of nitriles is 1. The van der Waals surface area contributed by atoms with Crippen LogP contribution in [0.3, 0.4) is 0 Å². The van der Waals surface area contributed by atoms with E-state index < -0.39 is 0 Å². The van der Waals surface area contributed by atoms with Crippen LogP contribution in [0.15, 0.2) is 48.5 Å². The highest BCUT2D eigenvalue weighted by Gasteiger charge is 2.33. The average molecular weight is 460 g/mol. The molecule has 0 spiro atoms. The van der Waals surface area contributed by atoms with E-state index in [1.165, 1.54) is 51.0 Å². The summed E-state index contributed by atoms with van der Waals surface area (Å²) in [7, 11) is 0.231. The maximum Gasteiger partial charge on any atom is 0.314 e. The fourth-order valence-electron chi connectivity index (χ4n) is 5.92. The summed E-state index contributed by atoms with van der Waals surface area (Å²) >= 11 is 0. The van der Waals surface area contributed by atoms with E-state index in [9.17, 15) is 4.79 Å². The van der Waals surface area contributed by atoms with Gasteiger partial charge in [-0.3, -0.25) is 4.79 Å². The van der Waals surface area contributed by atoms with E-state index in [0.29, 0.717) is 11.3 Å². The molecular formula is C29H37NO2Si.